The zero-order valence-corrected chi connectivity index (χ0v) is 6.94. The molecule has 2 rings (SSSR count). The zero-order chi connectivity index (χ0) is 7.84. The van der Waals surface area contributed by atoms with E-state index in [0.29, 0.717) is 11.1 Å². The van der Waals surface area contributed by atoms with Crippen molar-refractivity contribution < 1.29 is 4.74 Å². The molecule has 0 unspecified atom stereocenters. The average molecular weight is 183 g/mol. The summed E-state index contributed by atoms with van der Waals surface area (Å²) in [5.41, 5.74) is 1.41. The highest BCUT2D eigenvalue weighted by atomic mass is 35.5. The Morgan fingerprint density at radius 2 is 1.33 bits per heavy atom. The number of hydrogen-bond donors (Lipinski definition) is 2. The molecule has 0 saturated carbocycles. The van der Waals surface area contributed by atoms with Crippen LogP contribution in [0, 0.1) is 10.8 Å². The van der Waals surface area contributed by atoms with E-state index in [1.165, 1.54) is 0 Å². The smallest absolute Gasteiger partial charge is 0.222 e. The minimum atomic E-state index is 0. The van der Waals surface area contributed by atoms with Gasteiger partial charge >= 0.3 is 0 Å². The minimum Gasteiger partial charge on any atom is -0.421 e. The van der Waals surface area contributed by atoms with E-state index in [9.17, 15) is 0 Å². The van der Waals surface area contributed by atoms with Crippen LogP contribution in [0.2, 0.25) is 0 Å². The van der Waals surface area contributed by atoms with E-state index < -0.39 is 0 Å². The highest BCUT2D eigenvalue weighted by Crippen LogP contribution is 2.18. The van der Waals surface area contributed by atoms with Crippen molar-refractivity contribution in [2.24, 2.45) is 0 Å². The molecule has 2 N–H and O–H groups in total. The fourth-order valence-corrected chi connectivity index (χ4v) is 1.09. The lowest BCUT2D eigenvalue weighted by Gasteiger charge is -1.89. The van der Waals surface area contributed by atoms with Crippen LogP contribution in [0.25, 0.3) is 0 Å². The largest absolute Gasteiger partial charge is 0.421 e. The molecule has 0 spiro atoms. The number of fused-ring (bicyclic) bond motifs is 1. The molecule has 1 aliphatic rings. The first-order chi connectivity index (χ1) is 5.29. The maximum absolute atomic E-state index is 7.30. The summed E-state index contributed by atoms with van der Waals surface area (Å²) >= 11 is 0. The SMILES string of the molecule is Cl.N=C1OC(=N)c2ccccc21. The van der Waals surface area contributed by atoms with Crippen LogP contribution in [-0.2, 0) is 4.74 Å². The monoisotopic (exact) mass is 182 g/mol. The Morgan fingerprint density at radius 3 is 1.75 bits per heavy atom. The van der Waals surface area contributed by atoms with Crippen molar-refractivity contribution in [1.82, 2.24) is 0 Å². The van der Waals surface area contributed by atoms with Crippen molar-refractivity contribution >= 4 is 24.2 Å². The van der Waals surface area contributed by atoms with Crippen LogP contribution in [0.4, 0.5) is 0 Å². The molecule has 0 amide bonds. The molecule has 0 aromatic heterocycles. The third-order valence-electron chi connectivity index (χ3n) is 1.62. The summed E-state index contributed by atoms with van der Waals surface area (Å²) in [5, 5.41) is 14.6. The van der Waals surface area contributed by atoms with Crippen molar-refractivity contribution in [3.05, 3.63) is 35.4 Å². The highest BCUT2D eigenvalue weighted by molar-refractivity contribution is 6.16. The second-order valence-corrected chi connectivity index (χ2v) is 2.31. The maximum Gasteiger partial charge on any atom is 0.222 e. The van der Waals surface area contributed by atoms with Gasteiger partial charge in [-0.2, -0.15) is 0 Å². The fraction of sp³-hybridized carbons (Fsp3) is 0. The highest BCUT2D eigenvalue weighted by Gasteiger charge is 2.22. The molecule has 0 saturated heterocycles. The predicted molar refractivity (Wildman–Crippen MR) is 48.4 cm³/mol. The maximum atomic E-state index is 7.30. The van der Waals surface area contributed by atoms with Gasteiger partial charge in [-0.25, -0.2) is 0 Å². The quantitative estimate of drug-likeness (QED) is 0.632. The number of ether oxygens (including phenoxy) is 1. The summed E-state index contributed by atoms with van der Waals surface area (Å²) in [6.45, 7) is 0. The van der Waals surface area contributed by atoms with Gasteiger partial charge in [-0.1, -0.05) is 12.1 Å². The normalized spacial score (nSPS) is 13.3. The van der Waals surface area contributed by atoms with Crippen LogP contribution in [0.1, 0.15) is 11.1 Å². The van der Waals surface area contributed by atoms with Crippen molar-refractivity contribution in [2.45, 2.75) is 0 Å². The van der Waals surface area contributed by atoms with Gasteiger partial charge in [0.2, 0.25) is 11.8 Å². The number of halogens is 1. The van der Waals surface area contributed by atoms with Gasteiger partial charge in [-0.15, -0.1) is 12.4 Å². The van der Waals surface area contributed by atoms with Gasteiger partial charge in [0, 0.05) is 11.1 Å². The lowest BCUT2D eigenvalue weighted by molar-refractivity contribution is 0.553. The number of nitrogens with one attached hydrogen (secondary N) is 2. The molecule has 1 heterocycles. The molecule has 3 nitrogen and oxygen atoms in total. The Kier molecular flexibility index (Phi) is 2.15. The van der Waals surface area contributed by atoms with E-state index in [0.717, 1.165) is 0 Å². The summed E-state index contributed by atoms with van der Waals surface area (Å²) in [5.74, 6) is 0.149. The Hall–Kier alpha value is -1.35. The molecule has 0 radical (unpaired) electrons. The molecule has 4 heteroatoms. The van der Waals surface area contributed by atoms with E-state index in [1.54, 1.807) is 12.1 Å². The first-order valence-corrected chi connectivity index (χ1v) is 3.24. The number of hydrogen-bond acceptors (Lipinski definition) is 3. The second-order valence-electron chi connectivity index (χ2n) is 2.31. The van der Waals surface area contributed by atoms with Crippen LogP contribution in [0.5, 0.6) is 0 Å². The topological polar surface area (TPSA) is 56.9 Å². The van der Waals surface area contributed by atoms with E-state index in [4.69, 9.17) is 15.6 Å². The molecular weight excluding hydrogens is 176 g/mol. The van der Waals surface area contributed by atoms with Crippen molar-refractivity contribution in [2.75, 3.05) is 0 Å². The Labute approximate surface area is 75.8 Å². The molecular formula is C8H7ClN2O. The lowest BCUT2D eigenvalue weighted by atomic mass is 10.1. The molecule has 62 valence electrons. The van der Waals surface area contributed by atoms with E-state index in [2.05, 4.69) is 0 Å². The van der Waals surface area contributed by atoms with Crippen molar-refractivity contribution in [3.8, 4) is 0 Å². The third kappa shape index (κ3) is 1.08. The van der Waals surface area contributed by atoms with E-state index in [1.807, 2.05) is 12.1 Å². The van der Waals surface area contributed by atoms with E-state index >= 15 is 0 Å². The van der Waals surface area contributed by atoms with Crippen molar-refractivity contribution in [3.63, 3.8) is 0 Å². The fourth-order valence-electron chi connectivity index (χ4n) is 1.09. The van der Waals surface area contributed by atoms with Gasteiger partial charge in [0.25, 0.3) is 0 Å². The average Bonchev–Trinajstić information content (AvgIpc) is 2.30. The molecule has 1 aromatic carbocycles. The van der Waals surface area contributed by atoms with Crippen LogP contribution >= 0.6 is 12.4 Å². The first-order valence-electron chi connectivity index (χ1n) is 3.24. The number of rotatable bonds is 0. The molecule has 0 fully saturated rings. The minimum absolute atomic E-state index is 0. The Balaban J connectivity index is 0.000000720. The third-order valence-corrected chi connectivity index (χ3v) is 1.62. The van der Waals surface area contributed by atoms with Crippen LogP contribution in [0.3, 0.4) is 0 Å². The summed E-state index contributed by atoms with van der Waals surface area (Å²) in [6, 6.07) is 7.21. The Bertz CT molecular complexity index is 316. The molecule has 0 aliphatic carbocycles. The number of benzene rings is 1. The van der Waals surface area contributed by atoms with Gasteiger partial charge in [0.05, 0.1) is 0 Å². The van der Waals surface area contributed by atoms with Crippen LogP contribution in [0.15, 0.2) is 24.3 Å². The van der Waals surface area contributed by atoms with Crippen molar-refractivity contribution in [1.29, 1.82) is 10.8 Å². The molecule has 0 atom stereocenters. The summed E-state index contributed by atoms with van der Waals surface area (Å²) < 4.78 is 4.80. The van der Waals surface area contributed by atoms with Gasteiger partial charge in [0.15, 0.2) is 0 Å². The molecule has 1 aliphatic heterocycles. The van der Waals surface area contributed by atoms with Crippen LogP contribution in [-0.4, -0.2) is 11.8 Å². The van der Waals surface area contributed by atoms with Gasteiger partial charge in [-0.05, 0) is 12.1 Å². The Morgan fingerprint density at radius 1 is 0.917 bits per heavy atom. The van der Waals surface area contributed by atoms with E-state index in [-0.39, 0.29) is 24.2 Å². The molecule has 12 heavy (non-hydrogen) atoms. The second kappa shape index (κ2) is 2.95. The summed E-state index contributed by atoms with van der Waals surface area (Å²) in [4.78, 5) is 0. The van der Waals surface area contributed by atoms with Gasteiger partial charge in [-0.3, -0.25) is 10.8 Å². The lowest BCUT2D eigenvalue weighted by Crippen LogP contribution is -1.96. The zero-order valence-electron chi connectivity index (χ0n) is 6.13. The molecule has 1 aromatic rings. The predicted octanol–water partition coefficient (Wildman–Crippen LogP) is 1.79. The molecule has 0 bridgehead atoms. The summed E-state index contributed by atoms with van der Waals surface area (Å²) in [6.07, 6.45) is 0. The van der Waals surface area contributed by atoms with Crippen LogP contribution < -0.4 is 0 Å². The van der Waals surface area contributed by atoms with Gasteiger partial charge in [0.1, 0.15) is 0 Å². The first kappa shape index (κ1) is 8.74. The standard InChI is InChI=1S/C8H6N2O.ClH/c9-7-5-3-1-2-4-6(5)8(10)11-7;/h1-4,9-10H;1H. The van der Waals surface area contributed by atoms with Gasteiger partial charge < -0.3 is 4.74 Å². The summed E-state index contributed by atoms with van der Waals surface area (Å²) in [7, 11) is 0.